The van der Waals surface area contributed by atoms with Crippen LogP contribution in [0.1, 0.15) is 43.0 Å². The van der Waals surface area contributed by atoms with E-state index < -0.39 is 0 Å². The lowest BCUT2D eigenvalue weighted by atomic mass is 9.91. The molecule has 0 spiro atoms. The molecule has 0 amide bonds. The second-order valence-electron chi connectivity index (χ2n) is 5.20. The van der Waals surface area contributed by atoms with Crippen molar-refractivity contribution in [3.05, 3.63) is 58.7 Å². The third-order valence-corrected chi connectivity index (χ3v) is 4.00. The first kappa shape index (κ1) is 14.8. The van der Waals surface area contributed by atoms with Crippen LogP contribution in [0.15, 0.2) is 36.4 Å². The maximum absolute atomic E-state index is 9.66. The summed E-state index contributed by atoms with van der Waals surface area (Å²) in [7, 11) is 0. The third kappa shape index (κ3) is 2.94. The molecule has 2 aromatic rings. The van der Waals surface area contributed by atoms with E-state index in [-0.39, 0.29) is 6.61 Å². The summed E-state index contributed by atoms with van der Waals surface area (Å²) in [6, 6.07) is 13.2. The van der Waals surface area contributed by atoms with Crippen molar-refractivity contribution in [1.82, 2.24) is 0 Å². The van der Waals surface area contributed by atoms with Gasteiger partial charge in [0.1, 0.15) is 0 Å². The molecule has 106 valence electrons. The molecular formula is C19H24O. The van der Waals surface area contributed by atoms with Crippen LogP contribution in [0.25, 0.3) is 11.1 Å². The summed E-state index contributed by atoms with van der Waals surface area (Å²) >= 11 is 0. The molecule has 1 nitrogen and oxygen atoms in total. The number of hydrogen-bond acceptors (Lipinski definition) is 1. The normalized spacial score (nSPS) is 10.8. The summed E-state index contributed by atoms with van der Waals surface area (Å²) in [4.78, 5) is 0. The lowest BCUT2D eigenvalue weighted by Crippen LogP contribution is -1.96. The van der Waals surface area contributed by atoms with E-state index in [1.807, 2.05) is 0 Å². The Kier molecular flexibility index (Phi) is 4.97. The Morgan fingerprint density at radius 3 is 1.65 bits per heavy atom. The fraction of sp³-hybridized carbons (Fsp3) is 0.368. The molecule has 0 aliphatic carbocycles. The van der Waals surface area contributed by atoms with Crippen molar-refractivity contribution in [2.45, 2.75) is 46.6 Å². The van der Waals surface area contributed by atoms with E-state index in [4.69, 9.17) is 0 Å². The number of hydrogen-bond donors (Lipinski definition) is 1. The minimum atomic E-state index is 0.0991. The van der Waals surface area contributed by atoms with Gasteiger partial charge in [0.2, 0.25) is 0 Å². The summed E-state index contributed by atoms with van der Waals surface area (Å²) in [6.07, 6.45) is 3.08. The minimum absolute atomic E-state index is 0.0991. The Hall–Kier alpha value is -1.60. The van der Waals surface area contributed by atoms with Gasteiger partial charge in [-0.15, -0.1) is 0 Å². The molecule has 0 radical (unpaired) electrons. The van der Waals surface area contributed by atoms with Crippen molar-refractivity contribution in [1.29, 1.82) is 0 Å². The van der Waals surface area contributed by atoms with Gasteiger partial charge in [-0.05, 0) is 52.6 Å². The fourth-order valence-corrected chi connectivity index (χ4v) is 2.68. The van der Waals surface area contributed by atoms with Crippen LogP contribution >= 0.6 is 0 Å². The van der Waals surface area contributed by atoms with Gasteiger partial charge < -0.3 is 5.11 Å². The van der Waals surface area contributed by atoms with Gasteiger partial charge in [0.15, 0.2) is 0 Å². The van der Waals surface area contributed by atoms with Crippen LogP contribution in [0.4, 0.5) is 0 Å². The molecule has 0 aromatic heterocycles. The number of aliphatic hydroxyl groups excluding tert-OH is 1. The molecule has 2 rings (SSSR count). The van der Waals surface area contributed by atoms with Crippen LogP contribution < -0.4 is 0 Å². The molecule has 0 bridgehead atoms. The number of benzene rings is 2. The first-order valence-electron chi connectivity index (χ1n) is 7.58. The van der Waals surface area contributed by atoms with Gasteiger partial charge in [0.05, 0.1) is 6.61 Å². The van der Waals surface area contributed by atoms with E-state index in [1.165, 1.54) is 27.8 Å². The molecule has 0 unspecified atom stereocenters. The van der Waals surface area contributed by atoms with Crippen molar-refractivity contribution < 1.29 is 5.11 Å². The first-order valence-corrected chi connectivity index (χ1v) is 7.58. The molecule has 0 saturated heterocycles. The zero-order valence-electron chi connectivity index (χ0n) is 12.7. The monoisotopic (exact) mass is 268 g/mol. The van der Waals surface area contributed by atoms with Crippen LogP contribution in [-0.2, 0) is 25.9 Å². The highest BCUT2D eigenvalue weighted by Crippen LogP contribution is 2.29. The van der Waals surface area contributed by atoms with E-state index in [0.29, 0.717) is 0 Å². The van der Waals surface area contributed by atoms with Gasteiger partial charge in [0, 0.05) is 0 Å². The van der Waals surface area contributed by atoms with Crippen molar-refractivity contribution in [2.75, 3.05) is 0 Å². The standard InChI is InChI=1S/C19H24O/c1-4-14-7-9-18(16(6-3)11-14)19-10-8-15(5-2)12-17(19)13-20/h7-12,20H,4-6,13H2,1-3H3. The highest BCUT2D eigenvalue weighted by molar-refractivity contribution is 5.71. The topological polar surface area (TPSA) is 20.2 Å². The van der Waals surface area contributed by atoms with Gasteiger partial charge in [-0.1, -0.05) is 57.2 Å². The molecular weight excluding hydrogens is 244 g/mol. The molecule has 0 heterocycles. The highest BCUT2D eigenvalue weighted by atomic mass is 16.3. The van der Waals surface area contributed by atoms with Crippen LogP contribution in [0.2, 0.25) is 0 Å². The Morgan fingerprint density at radius 2 is 1.20 bits per heavy atom. The van der Waals surface area contributed by atoms with E-state index in [9.17, 15) is 5.11 Å². The maximum atomic E-state index is 9.66. The smallest absolute Gasteiger partial charge is 0.0687 e. The van der Waals surface area contributed by atoms with Gasteiger partial charge in [-0.25, -0.2) is 0 Å². The van der Waals surface area contributed by atoms with Gasteiger partial charge >= 0.3 is 0 Å². The maximum Gasteiger partial charge on any atom is 0.0687 e. The number of rotatable bonds is 5. The lowest BCUT2D eigenvalue weighted by molar-refractivity contribution is 0.282. The van der Waals surface area contributed by atoms with Crippen LogP contribution in [-0.4, -0.2) is 5.11 Å². The Balaban J connectivity index is 2.55. The minimum Gasteiger partial charge on any atom is -0.392 e. The van der Waals surface area contributed by atoms with Crippen molar-refractivity contribution in [3.8, 4) is 11.1 Å². The van der Waals surface area contributed by atoms with E-state index in [1.54, 1.807) is 0 Å². The van der Waals surface area contributed by atoms with Crippen LogP contribution in [0.5, 0.6) is 0 Å². The Morgan fingerprint density at radius 1 is 0.700 bits per heavy atom. The molecule has 0 saturated carbocycles. The zero-order chi connectivity index (χ0) is 14.5. The van der Waals surface area contributed by atoms with E-state index in [2.05, 4.69) is 57.2 Å². The van der Waals surface area contributed by atoms with Crippen molar-refractivity contribution >= 4 is 0 Å². The second-order valence-corrected chi connectivity index (χ2v) is 5.20. The summed E-state index contributed by atoms with van der Waals surface area (Å²) in [5.41, 5.74) is 7.48. The van der Waals surface area contributed by atoms with Crippen molar-refractivity contribution in [2.24, 2.45) is 0 Å². The van der Waals surface area contributed by atoms with Gasteiger partial charge in [-0.2, -0.15) is 0 Å². The first-order chi connectivity index (χ1) is 9.73. The quantitative estimate of drug-likeness (QED) is 0.844. The van der Waals surface area contributed by atoms with Crippen LogP contribution in [0.3, 0.4) is 0 Å². The Labute approximate surface area is 122 Å². The summed E-state index contributed by atoms with van der Waals surface area (Å²) in [6.45, 7) is 6.62. The highest BCUT2D eigenvalue weighted by Gasteiger charge is 2.09. The fourth-order valence-electron chi connectivity index (χ4n) is 2.68. The molecule has 0 aliphatic rings. The van der Waals surface area contributed by atoms with Gasteiger partial charge in [-0.3, -0.25) is 0 Å². The predicted molar refractivity (Wildman–Crippen MR) is 85.9 cm³/mol. The predicted octanol–water partition coefficient (Wildman–Crippen LogP) is 4.53. The van der Waals surface area contributed by atoms with E-state index >= 15 is 0 Å². The average Bonchev–Trinajstić information content (AvgIpc) is 2.53. The number of aliphatic hydroxyl groups is 1. The zero-order valence-corrected chi connectivity index (χ0v) is 12.7. The number of aryl methyl sites for hydroxylation is 3. The third-order valence-electron chi connectivity index (χ3n) is 4.00. The van der Waals surface area contributed by atoms with Gasteiger partial charge in [0.25, 0.3) is 0 Å². The summed E-state index contributed by atoms with van der Waals surface area (Å²) in [5, 5.41) is 9.66. The van der Waals surface area contributed by atoms with Crippen LogP contribution in [0, 0.1) is 0 Å². The largest absolute Gasteiger partial charge is 0.392 e. The molecule has 0 aliphatic heterocycles. The molecule has 1 heteroatoms. The second kappa shape index (κ2) is 6.71. The summed E-state index contributed by atoms with van der Waals surface area (Å²) in [5.74, 6) is 0. The lowest BCUT2D eigenvalue weighted by Gasteiger charge is -2.14. The Bertz CT molecular complexity index is 531. The molecule has 20 heavy (non-hydrogen) atoms. The average molecular weight is 268 g/mol. The molecule has 0 fully saturated rings. The SMILES string of the molecule is CCc1ccc(-c2ccc(CC)cc2CO)c(CC)c1. The molecule has 2 aromatic carbocycles. The molecule has 0 atom stereocenters. The molecule has 1 N–H and O–H groups in total. The van der Waals surface area contributed by atoms with Crippen molar-refractivity contribution in [3.63, 3.8) is 0 Å². The summed E-state index contributed by atoms with van der Waals surface area (Å²) < 4.78 is 0. The van der Waals surface area contributed by atoms with E-state index in [0.717, 1.165) is 24.8 Å².